The molecule has 1 aliphatic rings. The van der Waals surface area contributed by atoms with E-state index in [1.807, 2.05) is 6.92 Å². The average Bonchev–Trinajstić information content (AvgIpc) is 2.38. The molecule has 0 unspecified atom stereocenters. The molecule has 1 saturated heterocycles. The van der Waals surface area contributed by atoms with Crippen molar-refractivity contribution in [2.45, 2.75) is 13.0 Å². The Morgan fingerprint density at radius 3 is 2.72 bits per heavy atom. The number of nitrogens with zero attached hydrogens (tertiary/aromatic N) is 2. The topological polar surface area (TPSA) is 58.4 Å². The fourth-order valence-corrected chi connectivity index (χ4v) is 2.47. The van der Waals surface area contributed by atoms with Crippen LogP contribution in [0.25, 0.3) is 0 Å². The van der Waals surface area contributed by atoms with Crippen molar-refractivity contribution in [2.24, 2.45) is 0 Å². The molecule has 1 atom stereocenters. The lowest BCUT2D eigenvalue weighted by atomic mass is 10.0. The van der Waals surface area contributed by atoms with Crippen molar-refractivity contribution in [3.05, 3.63) is 38.9 Å². The maximum absolute atomic E-state index is 11.1. The van der Waals surface area contributed by atoms with Gasteiger partial charge in [0.05, 0.1) is 4.92 Å². The number of hydrogen-bond acceptors (Lipinski definition) is 4. The van der Waals surface area contributed by atoms with Crippen LogP contribution in [0.4, 0.5) is 5.69 Å². The molecule has 0 aromatic heterocycles. The van der Waals surface area contributed by atoms with Gasteiger partial charge in [0.25, 0.3) is 5.69 Å². The fraction of sp³-hybridized carbons (Fsp3) is 0.500. The smallest absolute Gasteiger partial charge is 0.274 e. The van der Waals surface area contributed by atoms with Gasteiger partial charge in [0.1, 0.15) is 0 Å². The van der Waals surface area contributed by atoms with Crippen molar-refractivity contribution >= 4 is 17.3 Å². The summed E-state index contributed by atoms with van der Waals surface area (Å²) < 4.78 is 0. The van der Waals surface area contributed by atoms with Gasteiger partial charge >= 0.3 is 0 Å². The van der Waals surface area contributed by atoms with Gasteiger partial charge in [-0.15, -0.1) is 0 Å². The Labute approximate surface area is 111 Å². The minimum absolute atomic E-state index is 0.00574. The van der Waals surface area contributed by atoms with Crippen molar-refractivity contribution in [1.82, 2.24) is 10.2 Å². The number of benzene rings is 1. The fourth-order valence-electron chi connectivity index (χ4n) is 2.29. The van der Waals surface area contributed by atoms with Crippen molar-refractivity contribution in [1.29, 1.82) is 0 Å². The summed E-state index contributed by atoms with van der Waals surface area (Å²) in [7, 11) is 0. The quantitative estimate of drug-likeness (QED) is 0.675. The first kappa shape index (κ1) is 13.3. The molecule has 0 bridgehead atoms. The molecule has 98 valence electrons. The zero-order valence-corrected chi connectivity index (χ0v) is 11.0. The normalized spacial score (nSPS) is 18.6. The molecular formula is C12H16ClN3O2. The second-order valence-corrected chi connectivity index (χ2v) is 4.86. The Morgan fingerprint density at radius 1 is 1.44 bits per heavy atom. The summed E-state index contributed by atoms with van der Waals surface area (Å²) in [4.78, 5) is 12.9. The molecule has 0 radical (unpaired) electrons. The van der Waals surface area contributed by atoms with Crippen molar-refractivity contribution in [2.75, 3.05) is 26.2 Å². The van der Waals surface area contributed by atoms with Crippen molar-refractivity contribution < 1.29 is 4.92 Å². The van der Waals surface area contributed by atoms with Gasteiger partial charge in [0.2, 0.25) is 0 Å². The highest BCUT2D eigenvalue weighted by atomic mass is 35.5. The third-order valence-corrected chi connectivity index (χ3v) is 3.57. The molecule has 1 fully saturated rings. The molecule has 1 aromatic carbocycles. The Morgan fingerprint density at radius 2 is 2.11 bits per heavy atom. The maximum Gasteiger partial charge on any atom is 0.274 e. The largest absolute Gasteiger partial charge is 0.314 e. The Balaban J connectivity index is 2.30. The first-order chi connectivity index (χ1) is 8.59. The molecule has 1 N–H and O–H groups in total. The van der Waals surface area contributed by atoms with E-state index in [1.54, 1.807) is 12.1 Å². The predicted molar refractivity (Wildman–Crippen MR) is 71.0 cm³/mol. The first-order valence-corrected chi connectivity index (χ1v) is 6.36. The van der Waals surface area contributed by atoms with Crippen LogP contribution < -0.4 is 5.32 Å². The standard InChI is InChI=1S/C12H16ClN3O2/c1-9(15-6-4-14-5-7-15)11-8-10(13)2-3-12(11)16(17)18/h2-3,8-9,14H,4-7H2,1H3/t9-/m0/s1. The van der Waals surface area contributed by atoms with Crippen LogP contribution in [0.2, 0.25) is 5.02 Å². The van der Waals surface area contributed by atoms with E-state index in [9.17, 15) is 10.1 Å². The molecule has 1 aliphatic heterocycles. The van der Waals surface area contributed by atoms with Gasteiger partial charge in [0.15, 0.2) is 0 Å². The van der Waals surface area contributed by atoms with E-state index in [4.69, 9.17) is 11.6 Å². The van der Waals surface area contributed by atoms with Crippen LogP contribution in [0.5, 0.6) is 0 Å². The summed E-state index contributed by atoms with van der Waals surface area (Å²) >= 11 is 5.95. The zero-order chi connectivity index (χ0) is 13.1. The monoisotopic (exact) mass is 269 g/mol. The maximum atomic E-state index is 11.1. The number of nitro benzene ring substituents is 1. The highest BCUT2D eigenvalue weighted by Crippen LogP contribution is 2.31. The molecule has 1 aromatic rings. The average molecular weight is 270 g/mol. The van der Waals surface area contributed by atoms with Crippen molar-refractivity contribution in [3.63, 3.8) is 0 Å². The molecule has 2 rings (SSSR count). The lowest BCUT2D eigenvalue weighted by molar-refractivity contribution is -0.386. The summed E-state index contributed by atoms with van der Waals surface area (Å²) in [5, 5.41) is 14.9. The predicted octanol–water partition coefficient (Wildman–Crippen LogP) is 2.21. The molecule has 1 heterocycles. The van der Waals surface area contributed by atoms with Crippen LogP contribution in [0, 0.1) is 10.1 Å². The molecule has 0 amide bonds. The van der Waals surface area contributed by atoms with Crippen LogP contribution in [0.3, 0.4) is 0 Å². The van der Waals surface area contributed by atoms with Crippen LogP contribution in [-0.4, -0.2) is 36.0 Å². The van der Waals surface area contributed by atoms with Crippen LogP contribution in [-0.2, 0) is 0 Å². The van der Waals surface area contributed by atoms with E-state index in [-0.39, 0.29) is 16.7 Å². The number of halogens is 1. The van der Waals surface area contributed by atoms with Gasteiger partial charge in [-0.3, -0.25) is 15.0 Å². The van der Waals surface area contributed by atoms with Gasteiger partial charge < -0.3 is 5.32 Å². The third-order valence-electron chi connectivity index (χ3n) is 3.34. The second kappa shape index (κ2) is 5.65. The first-order valence-electron chi connectivity index (χ1n) is 5.98. The highest BCUT2D eigenvalue weighted by molar-refractivity contribution is 6.30. The summed E-state index contributed by atoms with van der Waals surface area (Å²) in [6.07, 6.45) is 0. The molecule has 0 spiro atoms. The van der Waals surface area contributed by atoms with E-state index in [1.165, 1.54) is 6.07 Å². The second-order valence-electron chi connectivity index (χ2n) is 4.42. The summed E-state index contributed by atoms with van der Waals surface area (Å²) in [6, 6.07) is 4.75. The Kier molecular flexibility index (Phi) is 4.16. The minimum atomic E-state index is -0.343. The molecule has 0 aliphatic carbocycles. The van der Waals surface area contributed by atoms with E-state index in [0.29, 0.717) is 10.6 Å². The van der Waals surface area contributed by atoms with Crippen LogP contribution >= 0.6 is 11.6 Å². The molecule has 0 saturated carbocycles. The summed E-state index contributed by atoms with van der Waals surface area (Å²) in [5.41, 5.74) is 0.833. The third kappa shape index (κ3) is 2.80. The number of nitro groups is 1. The SMILES string of the molecule is C[C@@H](c1cc(Cl)ccc1[N+](=O)[O-])N1CCNCC1. The number of hydrogen-bond donors (Lipinski definition) is 1. The molecular weight excluding hydrogens is 254 g/mol. The van der Waals surface area contributed by atoms with Gasteiger partial charge in [-0.05, 0) is 19.1 Å². The van der Waals surface area contributed by atoms with E-state index in [2.05, 4.69) is 10.2 Å². The zero-order valence-electron chi connectivity index (χ0n) is 10.2. The number of nitrogens with one attached hydrogen (secondary N) is 1. The van der Waals surface area contributed by atoms with Gasteiger partial charge in [-0.25, -0.2) is 0 Å². The van der Waals surface area contributed by atoms with E-state index < -0.39 is 0 Å². The lowest BCUT2D eigenvalue weighted by Gasteiger charge is -2.32. The summed E-state index contributed by atoms with van der Waals surface area (Å²) in [6.45, 7) is 5.61. The van der Waals surface area contributed by atoms with Crippen LogP contribution in [0.15, 0.2) is 18.2 Å². The van der Waals surface area contributed by atoms with E-state index >= 15 is 0 Å². The molecule has 18 heavy (non-hydrogen) atoms. The van der Waals surface area contributed by atoms with Crippen molar-refractivity contribution in [3.8, 4) is 0 Å². The molecule has 5 nitrogen and oxygen atoms in total. The van der Waals surface area contributed by atoms with Gasteiger partial charge in [-0.1, -0.05) is 11.6 Å². The minimum Gasteiger partial charge on any atom is -0.314 e. The highest BCUT2D eigenvalue weighted by Gasteiger charge is 2.25. The van der Waals surface area contributed by atoms with E-state index in [0.717, 1.165) is 26.2 Å². The lowest BCUT2D eigenvalue weighted by Crippen LogP contribution is -2.44. The number of rotatable bonds is 3. The van der Waals surface area contributed by atoms with Gasteiger partial charge in [-0.2, -0.15) is 0 Å². The Bertz CT molecular complexity index is 447. The van der Waals surface area contributed by atoms with Crippen LogP contribution in [0.1, 0.15) is 18.5 Å². The van der Waals surface area contributed by atoms with Gasteiger partial charge in [0, 0.05) is 48.9 Å². The Hall–Kier alpha value is -1.17. The summed E-state index contributed by atoms with van der Waals surface area (Å²) in [5.74, 6) is 0. The number of piperazine rings is 1. The molecule has 6 heteroatoms.